The van der Waals surface area contributed by atoms with Crippen LogP contribution >= 0.6 is 15.9 Å². The monoisotopic (exact) mass is 206 g/mol. The van der Waals surface area contributed by atoms with Gasteiger partial charge in [0.2, 0.25) is 0 Å². The SMILES string of the molecule is Cc1c(F)ccc(Br)[n+]1O. The van der Waals surface area contributed by atoms with Gasteiger partial charge in [-0.05, 0) is 6.07 Å². The van der Waals surface area contributed by atoms with E-state index in [1.165, 1.54) is 19.1 Å². The third kappa shape index (κ3) is 1.11. The number of pyridine rings is 1. The van der Waals surface area contributed by atoms with Crippen LogP contribution in [0.25, 0.3) is 0 Å². The van der Waals surface area contributed by atoms with Crippen molar-refractivity contribution in [3.8, 4) is 0 Å². The molecule has 1 heterocycles. The molecule has 0 aliphatic carbocycles. The van der Waals surface area contributed by atoms with Crippen molar-refractivity contribution in [2.24, 2.45) is 0 Å². The van der Waals surface area contributed by atoms with Crippen LogP contribution in [0.3, 0.4) is 0 Å². The fraction of sp³-hybridized carbons (Fsp3) is 0.167. The van der Waals surface area contributed by atoms with Gasteiger partial charge in [-0.3, -0.25) is 5.21 Å². The fourth-order valence-corrected chi connectivity index (χ4v) is 0.993. The van der Waals surface area contributed by atoms with Gasteiger partial charge < -0.3 is 0 Å². The van der Waals surface area contributed by atoms with E-state index in [4.69, 9.17) is 5.21 Å². The lowest BCUT2D eigenvalue weighted by Gasteiger charge is -1.91. The summed E-state index contributed by atoms with van der Waals surface area (Å²) in [6, 6.07) is 2.72. The average molecular weight is 207 g/mol. The zero-order valence-electron chi connectivity index (χ0n) is 5.31. The Morgan fingerprint density at radius 2 is 2.20 bits per heavy atom. The highest BCUT2D eigenvalue weighted by Crippen LogP contribution is 2.06. The van der Waals surface area contributed by atoms with Gasteiger partial charge >= 0.3 is 0 Å². The van der Waals surface area contributed by atoms with Crippen molar-refractivity contribution in [1.29, 1.82) is 0 Å². The number of nitrogens with zero attached hydrogens (tertiary/aromatic N) is 1. The van der Waals surface area contributed by atoms with Gasteiger partial charge in [0, 0.05) is 33.7 Å². The molecule has 1 aromatic heterocycles. The first-order valence-electron chi connectivity index (χ1n) is 2.69. The molecule has 0 amide bonds. The van der Waals surface area contributed by atoms with Crippen LogP contribution in [0.5, 0.6) is 0 Å². The normalized spacial score (nSPS) is 9.90. The van der Waals surface area contributed by atoms with Crippen molar-refractivity contribution in [2.45, 2.75) is 6.92 Å². The predicted octanol–water partition coefficient (Wildman–Crippen LogP) is 1.42. The highest BCUT2D eigenvalue weighted by Gasteiger charge is 2.14. The second kappa shape index (κ2) is 2.54. The van der Waals surface area contributed by atoms with Crippen LogP contribution in [-0.4, -0.2) is 5.21 Å². The fourth-order valence-electron chi connectivity index (χ4n) is 0.595. The summed E-state index contributed by atoms with van der Waals surface area (Å²) < 4.78 is 13.7. The number of rotatable bonds is 0. The van der Waals surface area contributed by atoms with Gasteiger partial charge in [0.15, 0.2) is 5.82 Å². The van der Waals surface area contributed by atoms with E-state index in [1.807, 2.05) is 0 Å². The first kappa shape index (κ1) is 7.47. The molecule has 0 atom stereocenters. The quantitative estimate of drug-likeness (QED) is 0.388. The van der Waals surface area contributed by atoms with Gasteiger partial charge in [-0.25, -0.2) is 0 Å². The summed E-state index contributed by atoms with van der Waals surface area (Å²) >= 11 is 3.03. The molecule has 0 saturated carbocycles. The predicted molar refractivity (Wildman–Crippen MR) is 36.2 cm³/mol. The van der Waals surface area contributed by atoms with Crippen molar-refractivity contribution in [2.75, 3.05) is 0 Å². The molecule has 0 fully saturated rings. The molecular weight excluding hydrogens is 201 g/mol. The minimum atomic E-state index is -0.425. The minimum Gasteiger partial charge on any atom is -0.284 e. The Bertz CT molecular complexity index is 237. The molecular formula is C6H6BrFNO+. The van der Waals surface area contributed by atoms with Crippen LogP contribution < -0.4 is 4.73 Å². The average Bonchev–Trinajstić information content (AvgIpc) is 1.93. The van der Waals surface area contributed by atoms with E-state index in [9.17, 15) is 4.39 Å². The molecule has 0 aliphatic heterocycles. The third-order valence-corrected chi connectivity index (χ3v) is 1.83. The number of halogens is 2. The largest absolute Gasteiger partial charge is 0.299 e. The standard InChI is InChI=1S/C6H6BrFNO/c1-4-5(8)2-3-6(7)9(4)10/h2-3,10H,1H3/q+1. The maximum Gasteiger partial charge on any atom is 0.299 e. The van der Waals surface area contributed by atoms with E-state index in [0.717, 1.165) is 4.73 Å². The van der Waals surface area contributed by atoms with Crippen molar-refractivity contribution in [3.05, 3.63) is 28.2 Å². The van der Waals surface area contributed by atoms with Crippen molar-refractivity contribution < 1.29 is 14.3 Å². The lowest BCUT2D eigenvalue weighted by atomic mass is 10.4. The maximum absolute atomic E-state index is 12.6. The summed E-state index contributed by atoms with van der Waals surface area (Å²) in [5, 5.41) is 9.02. The maximum atomic E-state index is 12.6. The Hall–Kier alpha value is -0.640. The Labute approximate surface area is 66.0 Å². The van der Waals surface area contributed by atoms with Gasteiger partial charge in [-0.1, -0.05) is 0 Å². The molecule has 0 bridgehead atoms. The molecule has 0 aromatic carbocycles. The van der Waals surface area contributed by atoms with Crippen molar-refractivity contribution in [1.82, 2.24) is 0 Å². The number of aromatic nitrogens is 1. The van der Waals surface area contributed by atoms with Crippen LogP contribution in [0.4, 0.5) is 4.39 Å². The number of hydrogen-bond donors (Lipinski definition) is 1. The van der Waals surface area contributed by atoms with E-state index in [2.05, 4.69) is 15.9 Å². The molecule has 0 radical (unpaired) electrons. The second-order valence-electron chi connectivity index (χ2n) is 1.90. The first-order chi connectivity index (χ1) is 4.63. The molecule has 4 heteroatoms. The first-order valence-corrected chi connectivity index (χ1v) is 3.48. The Balaban J connectivity index is 3.34. The van der Waals surface area contributed by atoms with Gasteiger partial charge in [-0.2, -0.15) is 4.39 Å². The van der Waals surface area contributed by atoms with Crippen LogP contribution in [0, 0.1) is 12.7 Å². The van der Waals surface area contributed by atoms with E-state index in [0.29, 0.717) is 4.60 Å². The van der Waals surface area contributed by atoms with Crippen molar-refractivity contribution in [3.63, 3.8) is 0 Å². The smallest absolute Gasteiger partial charge is 0.284 e. The summed E-state index contributed by atoms with van der Waals surface area (Å²) in [5.74, 6) is -0.425. The highest BCUT2D eigenvalue weighted by atomic mass is 79.9. The Kier molecular flexibility index (Phi) is 1.89. The Morgan fingerprint density at radius 3 is 2.70 bits per heavy atom. The zero-order valence-corrected chi connectivity index (χ0v) is 6.89. The molecule has 1 N–H and O–H groups in total. The third-order valence-electron chi connectivity index (χ3n) is 1.23. The number of hydrogen-bond acceptors (Lipinski definition) is 1. The zero-order chi connectivity index (χ0) is 7.72. The molecule has 0 spiro atoms. The molecule has 2 nitrogen and oxygen atoms in total. The Morgan fingerprint density at radius 1 is 1.60 bits per heavy atom. The molecule has 0 aliphatic rings. The van der Waals surface area contributed by atoms with E-state index in [-0.39, 0.29) is 5.69 Å². The molecule has 10 heavy (non-hydrogen) atoms. The van der Waals surface area contributed by atoms with Crippen LogP contribution in [0.2, 0.25) is 0 Å². The minimum absolute atomic E-state index is 0.189. The summed E-state index contributed by atoms with van der Waals surface area (Å²) in [6.45, 7) is 1.49. The van der Waals surface area contributed by atoms with E-state index < -0.39 is 5.82 Å². The molecule has 0 saturated heterocycles. The summed E-state index contributed by atoms with van der Waals surface area (Å²) in [6.07, 6.45) is 0. The van der Waals surface area contributed by atoms with Gasteiger partial charge in [0.25, 0.3) is 10.3 Å². The topological polar surface area (TPSA) is 24.1 Å². The van der Waals surface area contributed by atoms with E-state index >= 15 is 0 Å². The van der Waals surface area contributed by atoms with Gasteiger partial charge in [0.05, 0.1) is 0 Å². The van der Waals surface area contributed by atoms with Crippen LogP contribution in [0.15, 0.2) is 16.7 Å². The second-order valence-corrected chi connectivity index (χ2v) is 2.71. The summed E-state index contributed by atoms with van der Waals surface area (Å²) in [7, 11) is 0. The molecule has 0 unspecified atom stereocenters. The van der Waals surface area contributed by atoms with Crippen LogP contribution in [-0.2, 0) is 0 Å². The van der Waals surface area contributed by atoms with E-state index in [1.54, 1.807) is 0 Å². The highest BCUT2D eigenvalue weighted by molar-refractivity contribution is 9.10. The lowest BCUT2D eigenvalue weighted by molar-refractivity contribution is -0.917. The molecule has 54 valence electrons. The molecule has 1 rings (SSSR count). The van der Waals surface area contributed by atoms with Gasteiger partial charge in [0.1, 0.15) is 0 Å². The van der Waals surface area contributed by atoms with Gasteiger partial charge in [-0.15, -0.1) is 0 Å². The van der Waals surface area contributed by atoms with Crippen LogP contribution in [0.1, 0.15) is 5.69 Å². The summed E-state index contributed by atoms with van der Waals surface area (Å²) in [4.78, 5) is 0. The molecule has 1 aromatic rings. The lowest BCUT2D eigenvalue weighted by Crippen LogP contribution is -2.36. The summed E-state index contributed by atoms with van der Waals surface area (Å²) in [5.41, 5.74) is 0.189. The van der Waals surface area contributed by atoms with Crippen molar-refractivity contribution >= 4 is 15.9 Å².